The molecule has 66 valence electrons. The standard InChI is InChI=1S/C8H17.Au.O/c1-3-5-7-8-6-4-2;;/h1,3-8H2,2H3;;. The van der Waals surface area contributed by atoms with Crippen LogP contribution in [0.4, 0.5) is 0 Å². The predicted molar refractivity (Wildman–Crippen MR) is 38.9 cm³/mol. The van der Waals surface area contributed by atoms with E-state index < -0.39 is 19.7 Å². The number of hydrogen-bond acceptors (Lipinski definition) is 1. The fourth-order valence-electron chi connectivity index (χ4n) is 0.899. The maximum atomic E-state index is 10.1. The summed E-state index contributed by atoms with van der Waals surface area (Å²) in [5.74, 6) is 0. The molecule has 0 radical (unpaired) electrons. The van der Waals surface area contributed by atoms with Crippen molar-refractivity contribution in [3.63, 3.8) is 0 Å². The normalized spacial score (nSPS) is 10.5. The fourth-order valence-corrected chi connectivity index (χ4v) is 1.75. The average Bonchev–Trinajstić information content (AvgIpc) is 1.97. The predicted octanol–water partition coefficient (Wildman–Crippen LogP) is 3.19. The minimum absolute atomic E-state index is 0.577. The molecule has 0 spiro atoms. The van der Waals surface area contributed by atoms with Crippen LogP contribution in [-0.2, 0) is 23.0 Å². The van der Waals surface area contributed by atoms with Crippen molar-refractivity contribution in [3.8, 4) is 0 Å². The maximum absolute atomic E-state index is 10.1. The molecule has 0 heterocycles. The first kappa shape index (κ1) is 10.5. The Hall–Kier alpha value is 0.540. The topological polar surface area (TPSA) is 17.1 Å². The summed E-state index contributed by atoms with van der Waals surface area (Å²) >= 11 is -0.577. The van der Waals surface area contributed by atoms with Gasteiger partial charge in [0.2, 0.25) is 0 Å². The summed E-state index contributed by atoms with van der Waals surface area (Å²) in [6.45, 7) is 2.22. The first-order chi connectivity index (χ1) is 4.91. The van der Waals surface area contributed by atoms with E-state index in [0.717, 1.165) is 4.64 Å². The zero-order valence-electron chi connectivity index (χ0n) is 6.66. The zero-order chi connectivity index (χ0) is 7.66. The van der Waals surface area contributed by atoms with Crippen molar-refractivity contribution in [1.29, 1.82) is 0 Å². The Morgan fingerprint density at radius 2 is 1.60 bits per heavy atom. The van der Waals surface area contributed by atoms with E-state index in [4.69, 9.17) is 0 Å². The van der Waals surface area contributed by atoms with Crippen molar-refractivity contribution in [1.82, 2.24) is 0 Å². The summed E-state index contributed by atoms with van der Waals surface area (Å²) in [4.78, 5) is 0. The van der Waals surface area contributed by atoms with Gasteiger partial charge in [0.15, 0.2) is 0 Å². The van der Waals surface area contributed by atoms with Crippen molar-refractivity contribution in [3.05, 3.63) is 0 Å². The monoisotopic (exact) mass is 326 g/mol. The van der Waals surface area contributed by atoms with E-state index in [1.54, 1.807) is 0 Å². The van der Waals surface area contributed by atoms with E-state index in [1.807, 2.05) is 0 Å². The van der Waals surface area contributed by atoms with Gasteiger partial charge in [-0.1, -0.05) is 0 Å². The van der Waals surface area contributed by atoms with Gasteiger partial charge in [0, 0.05) is 0 Å². The summed E-state index contributed by atoms with van der Waals surface area (Å²) in [5.41, 5.74) is 0. The second-order valence-corrected chi connectivity index (χ2v) is 4.21. The molecule has 0 aliphatic carbocycles. The molecule has 0 aliphatic rings. The SMILES string of the molecule is CCCCCCC[CH2][Au]=[O]. The Bertz CT molecular complexity index is 73.7. The van der Waals surface area contributed by atoms with Crippen LogP contribution in [0.5, 0.6) is 0 Å². The third-order valence-electron chi connectivity index (χ3n) is 1.52. The molecule has 0 aliphatic heterocycles. The van der Waals surface area contributed by atoms with E-state index in [9.17, 15) is 3.25 Å². The first-order valence-electron chi connectivity index (χ1n) is 4.04. The molecule has 0 N–H and O–H groups in total. The van der Waals surface area contributed by atoms with E-state index in [0.29, 0.717) is 0 Å². The van der Waals surface area contributed by atoms with Crippen LogP contribution in [0, 0.1) is 0 Å². The fraction of sp³-hybridized carbons (Fsp3) is 1.00. The van der Waals surface area contributed by atoms with Crippen LogP contribution in [-0.4, -0.2) is 0 Å². The van der Waals surface area contributed by atoms with Gasteiger partial charge in [-0.2, -0.15) is 0 Å². The molecule has 0 aromatic carbocycles. The molecule has 0 aromatic rings. The Morgan fingerprint density at radius 1 is 1.00 bits per heavy atom. The first-order valence-corrected chi connectivity index (χ1v) is 6.46. The molecule has 0 atom stereocenters. The van der Waals surface area contributed by atoms with Gasteiger partial charge in [-0.3, -0.25) is 0 Å². The third kappa shape index (κ3) is 8.54. The van der Waals surface area contributed by atoms with E-state index >= 15 is 0 Å². The van der Waals surface area contributed by atoms with Crippen LogP contribution in [0.15, 0.2) is 0 Å². The van der Waals surface area contributed by atoms with Crippen LogP contribution in [0.3, 0.4) is 0 Å². The van der Waals surface area contributed by atoms with Gasteiger partial charge in [-0.15, -0.1) is 0 Å². The quantitative estimate of drug-likeness (QED) is 0.519. The van der Waals surface area contributed by atoms with Gasteiger partial charge in [0.05, 0.1) is 0 Å². The van der Waals surface area contributed by atoms with Crippen LogP contribution in [0.1, 0.15) is 45.4 Å². The van der Waals surface area contributed by atoms with Crippen molar-refractivity contribution < 1.29 is 23.0 Å². The molecule has 1 nitrogen and oxygen atoms in total. The van der Waals surface area contributed by atoms with Crippen molar-refractivity contribution in [2.75, 3.05) is 0 Å². The molecule has 0 rings (SSSR count). The second-order valence-electron chi connectivity index (χ2n) is 2.51. The van der Waals surface area contributed by atoms with Gasteiger partial charge in [0.1, 0.15) is 0 Å². The molecule has 0 fully saturated rings. The van der Waals surface area contributed by atoms with Crippen LogP contribution < -0.4 is 0 Å². The molecule has 0 saturated carbocycles. The van der Waals surface area contributed by atoms with E-state index in [1.165, 1.54) is 38.5 Å². The van der Waals surface area contributed by atoms with Crippen molar-refractivity contribution in [2.24, 2.45) is 0 Å². The summed E-state index contributed by atoms with van der Waals surface area (Å²) in [7, 11) is 0. The molecule has 0 bridgehead atoms. The molecular weight excluding hydrogens is 309 g/mol. The van der Waals surface area contributed by atoms with E-state index in [-0.39, 0.29) is 0 Å². The minimum atomic E-state index is -0.577. The van der Waals surface area contributed by atoms with Crippen LogP contribution >= 0.6 is 0 Å². The Morgan fingerprint density at radius 3 is 2.20 bits per heavy atom. The molecule has 2 heteroatoms. The second kappa shape index (κ2) is 9.54. The molecular formula is C8H17AuO. The molecule has 0 unspecified atom stereocenters. The number of unbranched alkanes of at least 4 members (excludes halogenated alkanes) is 5. The Kier molecular flexibility index (Phi) is 10.1. The van der Waals surface area contributed by atoms with Gasteiger partial charge in [-0.25, -0.2) is 0 Å². The Labute approximate surface area is 73.2 Å². The molecule has 10 heavy (non-hydrogen) atoms. The zero-order valence-corrected chi connectivity index (χ0v) is 8.83. The third-order valence-corrected chi connectivity index (χ3v) is 2.73. The summed E-state index contributed by atoms with van der Waals surface area (Å²) in [6, 6.07) is 0. The van der Waals surface area contributed by atoms with Gasteiger partial charge in [0.25, 0.3) is 0 Å². The average molecular weight is 326 g/mol. The number of rotatable bonds is 7. The number of hydrogen-bond donors (Lipinski definition) is 0. The van der Waals surface area contributed by atoms with E-state index in [2.05, 4.69) is 6.92 Å². The summed E-state index contributed by atoms with van der Waals surface area (Å²) in [6.07, 6.45) is 7.87. The van der Waals surface area contributed by atoms with Crippen molar-refractivity contribution in [2.45, 2.75) is 50.1 Å². The molecule has 0 amide bonds. The van der Waals surface area contributed by atoms with Crippen LogP contribution in [0.2, 0.25) is 4.64 Å². The van der Waals surface area contributed by atoms with Crippen LogP contribution in [0.25, 0.3) is 0 Å². The molecule has 0 saturated heterocycles. The molecule has 0 aromatic heterocycles. The van der Waals surface area contributed by atoms with Gasteiger partial charge in [-0.05, 0) is 0 Å². The Balaban J connectivity index is 2.70. The summed E-state index contributed by atoms with van der Waals surface area (Å²) < 4.78 is 11.1. The van der Waals surface area contributed by atoms with Crippen molar-refractivity contribution >= 4 is 0 Å². The summed E-state index contributed by atoms with van der Waals surface area (Å²) in [5, 5.41) is 0. The van der Waals surface area contributed by atoms with Gasteiger partial charge >= 0.3 is 73.1 Å². The van der Waals surface area contributed by atoms with Gasteiger partial charge < -0.3 is 0 Å².